The quantitative estimate of drug-likeness (QED) is 0.0776. The number of rotatable bonds is 4. The number of hydrogen-bond donors (Lipinski definition) is 0. The Morgan fingerprint density at radius 3 is 2.21 bits per heavy atom. The summed E-state index contributed by atoms with van der Waals surface area (Å²) in [6.45, 7) is 38.6. The Hall–Kier alpha value is -4.17. The summed E-state index contributed by atoms with van der Waals surface area (Å²) in [4.78, 5) is 5.39. The molecule has 5 aromatic rings. The molecule has 4 unspecified atom stereocenters. The minimum atomic E-state index is -0.155. The topological polar surface area (TPSA) is 28.9 Å². The van der Waals surface area contributed by atoms with Crippen LogP contribution in [0.3, 0.4) is 0 Å². The number of ether oxygens (including phenoxy) is 1. The van der Waals surface area contributed by atoms with Gasteiger partial charge in [0.15, 0.2) is 0 Å². The molecule has 3 aliphatic carbocycles. The number of halogens is 1. The first-order valence-electron chi connectivity index (χ1n) is 25.9. The van der Waals surface area contributed by atoms with Crippen molar-refractivity contribution in [1.29, 1.82) is 0 Å². The van der Waals surface area contributed by atoms with E-state index in [0.29, 0.717) is 11.8 Å². The smallest absolute Gasteiger partial charge is 0.267 e. The number of benzene rings is 4. The fourth-order valence-electron chi connectivity index (χ4n) is 13.6. The molecule has 3 aliphatic heterocycles. The molecule has 5 atom stereocenters. The lowest BCUT2D eigenvalue weighted by molar-refractivity contribution is 0.168. The molecule has 4 nitrogen and oxygen atoms in total. The lowest BCUT2D eigenvalue weighted by atomic mass is 9.32. The number of anilines is 5. The van der Waals surface area contributed by atoms with E-state index >= 15 is 0 Å². The average Bonchev–Trinajstić information content (AvgIpc) is 3.81. The van der Waals surface area contributed by atoms with Gasteiger partial charge in [-0.15, -0.1) is 0 Å². The molecule has 11 rings (SSSR count). The first kappa shape index (κ1) is 46.2. The molecule has 1 fully saturated rings. The first-order valence-corrected chi connectivity index (χ1v) is 27.0. The Morgan fingerprint density at radius 1 is 0.809 bits per heavy atom. The summed E-state index contributed by atoms with van der Waals surface area (Å²) in [6, 6.07) is 24.3. The van der Waals surface area contributed by atoms with Crippen molar-refractivity contribution < 1.29 is 9.15 Å². The van der Waals surface area contributed by atoms with E-state index in [2.05, 4.69) is 202 Å². The summed E-state index contributed by atoms with van der Waals surface area (Å²) in [5, 5.41) is 1.21. The van der Waals surface area contributed by atoms with Crippen molar-refractivity contribution in [3.63, 3.8) is 0 Å². The third kappa shape index (κ3) is 7.00. The van der Waals surface area contributed by atoms with E-state index < -0.39 is 0 Å². The van der Waals surface area contributed by atoms with Crippen LogP contribution in [0.1, 0.15) is 168 Å². The van der Waals surface area contributed by atoms with Gasteiger partial charge in [0.1, 0.15) is 17.3 Å². The summed E-state index contributed by atoms with van der Waals surface area (Å²) in [6.07, 6.45) is 12.2. The molecule has 0 saturated heterocycles. The lowest BCUT2D eigenvalue weighted by Crippen LogP contribution is -2.67. The third-order valence-corrected chi connectivity index (χ3v) is 19.0. The highest BCUT2D eigenvalue weighted by Gasteiger charge is 2.57. The van der Waals surface area contributed by atoms with Crippen LogP contribution in [0.2, 0.25) is 0 Å². The van der Waals surface area contributed by atoms with Gasteiger partial charge < -0.3 is 19.0 Å². The maximum atomic E-state index is 7.87. The number of aryl methyl sites for hydroxylation is 2. The molecule has 0 radical (unpaired) electrons. The van der Waals surface area contributed by atoms with Gasteiger partial charge in [0.2, 0.25) is 0 Å². The Morgan fingerprint density at radius 2 is 1.50 bits per heavy atom. The summed E-state index contributed by atoms with van der Waals surface area (Å²) in [5.74, 6) is 3.16. The number of fused-ring (bicyclic) bond motifs is 8. The van der Waals surface area contributed by atoms with E-state index in [1.807, 2.05) is 0 Å². The minimum absolute atomic E-state index is 0.000711. The van der Waals surface area contributed by atoms with E-state index in [9.17, 15) is 0 Å². The van der Waals surface area contributed by atoms with Gasteiger partial charge in [-0.25, -0.2) is 0 Å². The van der Waals surface area contributed by atoms with Crippen molar-refractivity contribution in [3.8, 4) is 0 Å². The van der Waals surface area contributed by atoms with Gasteiger partial charge >= 0.3 is 0 Å². The molecule has 6 heteroatoms. The molecular formula is C62H74BIN2O2. The maximum Gasteiger partial charge on any atom is 0.267 e. The Labute approximate surface area is 422 Å². The highest BCUT2D eigenvalue weighted by Crippen LogP contribution is 2.55. The predicted octanol–water partition coefficient (Wildman–Crippen LogP) is 16.0. The van der Waals surface area contributed by atoms with Crippen LogP contribution in [0.15, 0.2) is 94.6 Å². The van der Waals surface area contributed by atoms with E-state index in [-0.39, 0.29) is 43.8 Å². The molecule has 68 heavy (non-hydrogen) atoms. The van der Waals surface area contributed by atoms with E-state index in [1.165, 1.54) is 114 Å². The zero-order chi connectivity index (χ0) is 48.4. The second-order valence-electron chi connectivity index (χ2n) is 25.6. The van der Waals surface area contributed by atoms with Crippen LogP contribution in [0, 0.1) is 18.8 Å². The number of furan rings is 1. The number of nitrogens with zero attached hydrogens (tertiary/aromatic N) is 2. The number of allylic oxidation sites excluding steroid dienone is 3. The van der Waals surface area contributed by atoms with Crippen LogP contribution in [0.25, 0.3) is 17.0 Å². The van der Waals surface area contributed by atoms with Crippen LogP contribution in [-0.4, -0.2) is 22.2 Å². The Bertz CT molecular complexity index is 3020. The van der Waals surface area contributed by atoms with Crippen molar-refractivity contribution >= 4 is 85.7 Å². The molecule has 0 bridgehead atoms. The van der Waals surface area contributed by atoms with Crippen molar-refractivity contribution in [1.82, 2.24) is 0 Å². The number of alkyl halides is 1. The van der Waals surface area contributed by atoms with Gasteiger partial charge in [0.05, 0.1) is 22.9 Å². The summed E-state index contributed by atoms with van der Waals surface area (Å²) >= 11 is 2.68. The highest BCUT2D eigenvalue weighted by molar-refractivity contribution is 14.1. The fourth-order valence-corrected chi connectivity index (χ4v) is 14.3. The third-order valence-electron chi connectivity index (χ3n) is 17.8. The van der Waals surface area contributed by atoms with Crippen LogP contribution >= 0.6 is 22.6 Å². The molecule has 1 aromatic heterocycles. The maximum absolute atomic E-state index is 7.87. The largest absolute Gasteiger partial charge is 0.500 e. The molecule has 0 N–H and O–H groups in total. The van der Waals surface area contributed by atoms with Crippen molar-refractivity contribution in [2.45, 2.75) is 179 Å². The fraction of sp³-hybridized carbons (Fsp3) is 0.484. The predicted molar refractivity (Wildman–Crippen MR) is 299 cm³/mol. The van der Waals surface area contributed by atoms with Crippen LogP contribution < -0.4 is 20.7 Å². The van der Waals surface area contributed by atoms with E-state index in [1.54, 1.807) is 0 Å². The van der Waals surface area contributed by atoms with E-state index in [0.717, 1.165) is 37.0 Å². The molecular weight excluding hydrogens is 942 g/mol. The van der Waals surface area contributed by atoms with Gasteiger partial charge in [-0.2, -0.15) is 0 Å². The summed E-state index contributed by atoms with van der Waals surface area (Å²) in [7, 11) is 0. The standard InChI is InChI=1S/C62H74BIN2O2/c1-35-29-49-55-50(30-35)66(47-20-18-22-52-54(47)40-19-16-17-21-51(40)67-52)56-37(3)53(32-41-36(2)25-26-62(15,64)38(41)4)68-57(56)63(55)46-33-44-45(61(13,14)28-27-60(44,11)12)34-48(46)65(49)39-23-24-42(58(5,6)7)43(31-39)59(8,9)10/h16,18-20,22-24,29-31,33-34,36,41,56-57H,4,17,21,25-28,32H2,1-3,5-15H3/t36-,41?,56?,57?,62?/m0/s1. The molecule has 0 spiro atoms. The zero-order valence-electron chi connectivity index (χ0n) is 43.6. The molecule has 6 aliphatic rings. The second-order valence-corrected chi connectivity index (χ2v) is 27.9. The van der Waals surface area contributed by atoms with Crippen molar-refractivity contribution in [2.75, 3.05) is 9.80 Å². The Kier molecular flexibility index (Phi) is 10.5. The van der Waals surface area contributed by atoms with Gasteiger partial charge in [-0.3, -0.25) is 0 Å². The first-order chi connectivity index (χ1) is 31.9. The molecule has 4 aromatic carbocycles. The van der Waals surface area contributed by atoms with Crippen LogP contribution in [-0.2, 0) is 32.8 Å². The minimum Gasteiger partial charge on any atom is -0.500 e. The van der Waals surface area contributed by atoms with Crippen molar-refractivity contribution in [3.05, 3.63) is 129 Å². The van der Waals surface area contributed by atoms with Gasteiger partial charge in [0, 0.05) is 44.6 Å². The van der Waals surface area contributed by atoms with Crippen LogP contribution in [0.5, 0.6) is 0 Å². The molecule has 4 heterocycles. The van der Waals surface area contributed by atoms with Gasteiger partial charge in [0.25, 0.3) is 6.71 Å². The monoisotopic (exact) mass is 1020 g/mol. The SMILES string of the molecule is C=C1C(CC2=C(C)C3C(O2)B2c4cc5c(cc4N(c4ccc(C(C)(C)C)c(C(C)(C)C)c4)c4cc(C)cc(c42)N3c2cccc3oc4c(c23)C=CCC4)C(C)(C)CCC5(C)C)[C@@H](C)CCC1(C)I. The second kappa shape index (κ2) is 15.4. The van der Waals surface area contributed by atoms with Crippen LogP contribution in [0.4, 0.5) is 28.4 Å². The summed E-state index contributed by atoms with van der Waals surface area (Å²) in [5.41, 5.74) is 21.0. The van der Waals surface area contributed by atoms with Crippen molar-refractivity contribution in [2.24, 2.45) is 11.8 Å². The highest BCUT2D eigenvalue weighted by atomic mass is 127. The average molecular weight is 1020 g/mol. The molecule has 1 saturated carbocycles. The van der Waals surface area contributed by atoms with E-state index in [4.69, 9.17) is 15.7 Å². The Balaban J connectivity index is 1.22. The molecule has 0 amide bonds. The van der Waals surface area contributed by atoms with Gasteiger partial charge in [-0.1, -0.05) is 141 Å². The zero-order valence-corrected chi connectivity index (χ0v) is 45.7. The number of hydrogen-bond acceptors (Lipinski definition) is 4. The van der Waals surface area contributed by atoms with Gasteiger partial charge in [-0.05, 0) is 173 Å². The lowest BCUT2D eigenvalue weighted by Gasteiger charge is -2.50. The summed E-state index contributed by atoms with van der Waals surface area (Å²) < 4.78 is 14.7. The normalized spacial score (nSPS) is 25.8. The molecule has 354 valence electrons.